The molecular weight excluding hydrogens is 361 g/mol. The highest BCUT2D eigenvalue weighted by molar-refractivity contribution is 6.29. The van der Waals surface area contributed by atoms with Gasteiger partial charge in [0.05, 0.1) is 35.6 Å². The van der Waals surface area contributed by atoms with Crippen molar-refractivity contribution in [1.29, 1.82) is 0 Å². The number of methoxy groups -OCH3 is 1. The predicted octanol–water partition coefficient (Wildman–Crippen LogP) is 3.36. The normalized spacial score (nSPS) is 13.0. The zero-order valence-electron chi connectivity index (χ0n) is 16.9. The molecule has 0 saturated heterocycles. The summed E-state index contributed by atoms with van der Waals surface area (Å²) in [6.45, 7) is -0.357. The maximum atomic E-state index is 14.6. The van der Waals surface area contributed by atoms with Gasteiger partial charge in [-0.05, 0) is 13.0 Å². The summed E-state index contributed by atoms with van der Waals surface area (Å²) in [5.41, 5.74) is 0.687. The molecule has 2 aromatic heterocycles. The topological polar surface area (TPSA) is 81.1 Å². The van der Waals surface area contributed by atoms with E-state index in [1.165, 1.54) is 25.4 Å². The maximum absolute atomic E-state index is 14.6. The number of aryl methyl sites for hydroxylation is 1. The van der Waals surface area contributed by atoms with Gasteiger partial charge < -0.3 is 15.4 Å². The van der Waals surface area contributed by atoms with Gasteiger partial charge in [0.2, 0.25) is 0 Å². The summed E-state index contributed by atoms with van der Waals surface area (Å²) < 4.78 is 43.3. The second kappa shape index (κ2) is 7.17. The molecule has 1 aromatic carbocycles. The van der Waals surface area contributed by atoms with E-state index < -0.39 is 18.7 Å². The average Bonchev–Trinajstić information content (AvgIpc) is 3.05. The number of halogens is 2. The van der Waals surface area contributed by atoms with Gasteiger partial charge in [-0.2, -0.15) is 5.10 Å². The third-order valence-corrected chi connectivity index (χ3v) is 4.04. The molecule has 9 heteroatoms. The third kappa shape index (κ3) is 3.03. The number of aromatic nitrogens is 3. The lowest BCUT2D eigenvalue weighted by Crippen LogP contribution is -2.19. The van der Waals surface area contributed by atoms with Crippen molar-refractivity contribution in [2.24, 2.45) is 0 Å². The molecule has 3 aromatic rings. The molecule has 0 bridgehead atoms. The predicted molar refractivity (Wildman–Crippen MR) is 97.8 cm³/mol. The molecule has 1 amide bonds. The Balaban J connectivity index is 2.12. The van der Waals surface area contributed by atoms with E-state index in [1.54, 1.807) is 4.68 Å². The highest BCUT2D eigenvalue weighted by Gasteiger charge is 2.19. The van der Waals surface area contributed by atoms with E-state index in [9.17, 15) is 9.18 Å². The molecule has 0 aliphatic carbocycles. The van der Waals surface area contributed by atoms with Crippen molar-refractivity contribution < 1.29 is 18.0 Å². The van der Waals surface area contributed by atoms with E-state index in [0.29, 0.717) is 17.8 Å². The molecule has 0 radical (unpaired) electrons. The van der Waals surface area contributed by atoms with Gasteiger partial charge in [-0.1, -0.05) is 11.6 Å². The molecule has 0 atom stereocenters. The molecular formula is C17H17ClFN5O2. The van der Waals surface area contributed by atoms with Crippen LogP contribution in [0.25, 0.3) is 10.9 Å². The Labute approximate surface area is 158 Å². The van der Waals surface area contributed by atoms with Crippen molar-refractivity contribution in [2.45, 2.75) is 13.5 Å². The second-order valence-corrected chi connectivity index (χ2v) is 5.68. The zero-order chi connectivity index (χ0) is 21.3. The molecule has 26 heavy (non-hydrogen) atoms. The molecule has 0 saturated carbocycles. The first-order valence-corrected chi connectivity index (χ1v) is 7.99. The minimum atomic E-state index is -2.69. The fraction of sp³-hybridized carbons (Fsp3) is 0.235. The lowest BCUT2D eigenvalue weighted by molar-refractivity contribution is 0.0963. The van der Waals surface area contributed by atoms with Gasteiger partial charge in [0.1, 0.15) is 16.5 Å². The van der Waals surface area contributed by atoms with Crippen LogP contribution in [-0.2, 0) is 6.54 Å². The third-order valence-electron chi connectivity index (χ3n) is 3.83. The van der Waals surface area contributed by atoms with E-state index >= 15 is 0 Å². The maximum Gasteiger partial charge on any atom is 0.254 e. The summed E-state index contributed by atoms with van der Waals surface area (Å²) in [6.07, 6.45) is 2.53. The molecule has 3 rings (SSSR count). The van der Waals surface area contributed by atoms with E-state index in [0.717, 1.165) is 6.20 Å². The van der Waals surface area contributed by atoms with Crippen LogP contribution in [0, 0.1) is 5.82 Å². The Bertz CT molecular complexity index is 1090. The summed E-state index contributed by atoms with van der Waals surface area (Å²) in [5.74, 6) is -1.14. The standard InChI is InChI=1S/C17H17ClFN5O2/c1-4-24-15-9(8-22-24)11(19)5-13(16(15)26-3)23-12-6-14(18)21-7-10(12)17(25)20-2/h5-8H,4H2,1-3H3,(H,20,25)(H,21,23)/i2D3. The van der Waals surface area contributed by atoms with E-state index in [1.807, 2.05) is 12.2 Å². The monoisotopic (exact) mass is 380 g/mol. The van der Waals surface area contributed by atoms with E-state index in [-0.39, 0.29) is 27.5 Å². The van der Waals surface area contributed by atoms with Crippen LogP contribution < -0.4 is 15.4 Å². The number of pyridine rings is 1. The fourth-order valence-corrected chi connectivity index (χ4v) is 2.82. The number of anilines is 2. The Kier molecular flexibility index (Phi) is 3.95. The summed E-state index contributed by atoms with van der Waals surface area (Å²) in [5, 5.41) is 9.26. The summed E-state index contributed by atoms with van der Waals surface area (Å²) in [4.78, 5) is 16.2. The van der Waals surface area contributed by atoms with Crippen LogP contribution in [0.4, 0.5) is 15.8 Å². The average molecular weight is 381 g/mol. The Morgan fingerprint density at radius 3 is 2.92 bits per heavy atom. The first-order chi connectivity index (χ1) is 13.6. The SMILES string of the molecule is [2H]C([2H])([2H])NC(=O)c1cnc(Cl)cc1Nc1cc(F)c2cnn(CC)c2c1OC. The van der Waals surface area contributed by atoms with E-state index in [4.69, 9.17) is 20.5 Å². The number of ether oxygens (including phenoxy) is 1. The first-order valence-electron chi connectivity index (χ1n) is 9.11. The first kappa shape index (κ1) is 14.3. The molecule has 0 aliphatic rings. The minimum absolute atomic E-state index is 0.0528. The van der Waals surface area contributed by atoms with Gasteiger partial charge in [-0.25, -0.2) is 9.37 Å². The number of nitrogens with one attached hydrogen (secondary N) is 2. The van der Waals surface area contributed by atoms with Crippen molar-refractivity contribution in [1.82, 2.24) is 20.1 Å². The largest absolute Gasteiger partial charge is 0.492 e. The van der Waals surface area contributed by atoms with Gasteiger partial charge in [0, 0.05) is 29.9 Å². The molecule has 2 N–H and O–H groups in total. The highest BCUT2D eigenvalue weighted by atomic mass is 35.5. The molecule has 0 aliphatic heterocycles. The number of nitrogens with zero attached hydrogens (tertiary/aromatic N) is 3. The van der Waals surface area contributed by atoms with Crippen molar-refractivity contribution in [3.63, 3.8) is 0 Å². The number of fused-ring (bicyclic) bond motifs is 1. The van der Waals surface area contributed by atoms with Crippen LogP contribution in [0.3, 0.4) is 0 Å². The Morgan fingerprint density at radius 1 is 1.42 bits per heavy atom. The number of carbonyl (C=O) groups is 1. The smallest absolute Gasteiger partial charge is 0.254 e. The number of amides is 1. The Morgan fingerprint density at radius 2 is 2.23 bits per heavy atom. The number of carbonyl (C=O) groups excluding carboxylic acids is 1. The summed E-state index contributed by atoms with van der Waals surface area (Å²) in [7, 11) is 1.42. The van der Waals surface area contributed by atoms with Crippen LogP contribution in [-0.4, -0.2) is 34.8 Å². The fourth-order valence-electron chi connectivity index (χ4n) is 2.66. The van der Waals surface area contributed by atoms with Crippen LogP contribution >= 0.6 is 11.6 Å². The van der Waals surface area contributed by atoms with Crippen LogP contribution in [0.2, 0.25) is 5.15 Å². The van der Waals surface area contributed by atoms with Crippen molar-refractivity contribution >= 4 is 39.8 Å². The van der Waals surface area contributed by atoms with Crippen LogP contribution in [0.15, 0.2) is 24.5 Å². The van der Waals surface area contributed by atoms with Crippen molar-refractivity contribution in [3.05, 3.63) is 41.1 Å². The van der Waals surface area contributed by atoms with Gasteiger partial charge >= 0.3 is 0 Å². The van der Waals surface area contributed by atoms with E-state index in [2.05, 4.69) is 15.4 Å². The van der Waals surface area contributed by atoms with Crippen LogP contribution in [0.5, 0.6) is 5.75 Å². The van der Waals surface area contributed by atoms with Gasteiger partial charge in [-0.15, -0.1) is 0 Å². The quantitative estimate of drug-likeness (QED) is 0.663. The van der Waals surface area contributed by atoms with Crippen molar-refractivity contribution in [2.75, 3.05) is 19.4 Å². The molecule has 136 valence electrons. The molecule has 0 spiro atoms. The van der Waals surface area contributed by atoms with Crippen LogP contribution in [0.1, 0.15) is 21.4 Å². The van der Waals surface area contributed by atoms with Gasteiger partial charge in [-0.3, -0.25) is 9.48 Å². The molecule has 0 fully saturated rings. The summed E-state index contributed by atoms with van der Waals surface area (Å²) in [6, 6.07) is 2.53. The number of rotatable bonds is 5. The van der Waals surface area contributed by atoms with Gasteiger partial charge in [0.25, 0.3) is 5.91 Å². The lowest BCUT2D eigenvalue weighted by Gasteiger charge is -2.16. The lowest BCUT2D eigenvalue weighted by atomic mass is 10.1. The minimum Gasteiger partial charge on any atom is -0.492 e. The molecule has 0 unspecified atom stereocenters. The second-order valence-electron chi connectivity index (χ2n) is 5.29. The van der Waals surface area contributed by atoms with Gasteiger partial charge in [0.15, 0.2) is 5.75 Å². The summed E-state index contributed by atoms with van der Waals surface area (Å²) >= 11 is 5.94. The number of hydrogen-bond donors (Lipinski definition) is 2. The highest BCUT2D eigenvalue weighted by Crippen LogP contribution is 2.38. The number of benzene rings is 1. The molecule has 2 heterocycles. The molecule has 7 nitrogen and oxygen atoms in total. The Hall–Kier alpha value is -2.87. The van der Waals surface area contributed by atoms with Crippen molar-refractivity contribution in [3.8, 4) is 5.75 Å². The number of hydrogen-bond acceptors (Lipinski definition) is 5. The zero-order valence-corrected chi connectivity index (χ0v) is 14.7.